The quantitative estimate of drug-likeness (QED) is 0.753. The Bertz CT molecular complexity index is 641. The summed E-state index contributed by atoms with van der Waals surface area (Å²) in [7, 11) is 0. The largest absolute Gasteiger partial charge is 0.396 e. The number of amides is 1. The third-order valence-electron chi connectivity index (χ3n) is 2.91. The Labute approximate surface area is 116 Å². The third kappa shape index (κ3) is 2.63. The summed E-state index contributed by atoms with van der Waals surface area (Å²) in [5.41, 5.74) is 14.2. The highest BCUT2D eigenvalue weighted by atomic mass is 35.5. The number of nitrogens with two attached hydrogens (primary N) is 2. The Morgan fingerprint density at radius 2 is 1.79 bits per heavy atom. The fraction of sp³-hybridized carbons (Fsp3) is 0.0714. The van der Waals surface area contributed by atoms with Crippen molar-refractivity contribution in [3.8, 4) is 0 Å². The molecule has 0 aliphatic rings. The van der Waals surface area contributed by atoms with E-state index in [2.05, 4.69) is 5.32 Å². The van der Waals surface area contributed by atoms with Crippen molar-refractivity contribution in [1.29, 1.82) is 0 Å². The summed E-state index contributed by atoms with van der Waals surface area (Å²) in [5.74, 6) is -0.552. The molecule has 0 saturated heterocycles. The molecule has 19 heavy (non-hydrogen) atoms. The normalized spacial score (nSPS) is 10.2. The molecule has 0 aliphatic heterocycles. The van der Waals surface area contributed by atoms with E-state index in [1.54, 1.807) is 18.2 Å². The number of nitrogens with one attached hydrogen (secondary N) is 1. The third-order valence-corrected chi connectivity index (χ3v) is 3.32. The van der Waals surface area contributed by atoms with Crippen LogP contribution in [0, 0.1) is 6.92 Å². The van der Waals surface area contributed by atoms with E-state index in [1.165, 1.54) is 0 Å². The van der Waals surface area contributed by atoms with Gasteiger partial charge < -0.3 is 16.8 Å². The molecule has 0 atom stereocenters. The topological polar surface area (TPSA) is 81.1 Å². The molecule has 0 heterocycles. The number of para-hydroxylation sites is 1. The molecule has 0 aliphatic carbocycles. The molecule has 4 nitrogen and oxygen atoms in total. The van der Waals surface area contributed by atoms with Crippen LogP contribution in [0.25, 0.3) is 0 Å². The molecule has 2 aromatic rings. The molecule has 98 valence electrons. The number of rotatable bonds is 3. The van der Waals surface area contributed by atoms with E-state index >= 15 is 0 Å². The summed E-state index contributed by atoms with van der Waals surface area (Å²) in [5, 5.41) is 3.82. The van der Waals surface area contributed by atoms with Gasteiger partial charge in [-0.3, -0.25) is 4.79 Å². The zero-order chi connectivity index (χ0) is 14.0. The van der Waals surface area contributed by atoms with E-state index in [4.69, 9.17) is 23.1 Å². The minimum atomic E-state index is -0.552. The van der Waals surface area contributed by atoms with Crippen LogP contribution in [0.2, 0.25) is 5.02 Å². The van der Waals surface area contributed by atoms with Gasteiger partial charge in [-0.15, -0.1) is 0 Å². The summed E-state index contributed by atoms with van der Waals surface area (Å²) in [6, 6.07) is 10.6. The Morgan fingerprint density at radius 1 is 1.16 bits per heavy atom. The summed E-state index contributed by atoms with van der Waals surface area (Å²) >= 11 is 6.06. The maximum Gasteiger partial charge on any atom is 0.250 e. The van der Waals surface area contributed by atoms with Crippen LogP contribution in [-0.4, -0.2) is 5.91 Å². The molecule has 2 rings (SSSR count). The SMILES string of the molecule is Cc1c(Cl)cccc1Nc1cccc(C(N)=O)c1N. The van der Waals surface area contributed by atoms with Crippen LogP contribution < -0.4 is 16.8 Å². The van der Waals surface area contributed by atoms with Gasteiger partial charge >= 0.3 is 0 Å². The molecule has 0 aromatic heterocycles. The van der Waals surface area contributed by atoms with Crippen LogP contribution in [0.4, 0.5) is 17.1 Å². The maximum absolute atomic E-state index is 11.2. The molecule has 5 N–H and O–H groups in total. The predicted octanol–water partition coefficient (Wildman–Crippen LogP) is 3.07. The van der Waals surface area contributed by atoms with Crippen molar-refractivity contribution < 1.29 is 4.79 Å². The molecule has 0 unspecified atom stereocenters. The fourth-order valence-electron chi connectivity index (χ4n) is 1.78. The van der Waals surface area contributed by atoms with Crippen molar-refractivity contribution in [3.63, 3.8) is 0 Å². The first-order chi connectivity index (χ1) is 9.00. The van der Waals surface area contributed by atoms with Crippen molar-refractivity contribution >= 4 is 34.6 Å². The lowest BCUT2D eigenvalue weighted by Crippen LogP contribution is -2.14. The zero-order valence-corrected chi connectivity index (χ0v) is 11.2. The molecule has 0 spiro atoms. The van der Waals surface area contributed by atoms with Gasteiger partial charge in [0.05, 0.1) is 16.9 Å². The van der Waals surface area contributed by atoms with Crippen molar-refractivity contribution in [2.75, 3.05) is 11.1 Å². The average Bonchev–Trinajstić information content (AvgIpc) is 2.37. The summed E-state index contributed by atoms with van der Waals surface area (Å²) < 4.78 is 0. The first-order valence-electron chi connectivity index (χ1n) is 5.71. The van der Waals surface area contributed by atoms with E-state index in [9.17, 15) is 4.79 Å². The van der Waals surface area contributed by atoms with Gasteiger partial charge in [-0.05, 0) is 36.8 Å². The van der Waals surface area contributed by atoms with Gasteiger partial charge in [-0.25, -0.2) is 0 Å². The number of halogens is 1. The predicted molar refractivity (Wildman–Crippen MR) is 78.8 cm³/mol. The monoisotopic (exact) mass is 275 g/mol. The number of anilines is 3. The maximum atomic E-state index is 11.2. The number of nitrogen functional groups attached to an aromatic ring is 1. The molecule has 0 bridgehead atoms. The summed E-state index contributed by atoms with van der Waals surface area (Å²) in [6.45, 7) is 1.90. The number of carbonyl (C=O) groups is 1. The molecule has 0 saturated carbocycles. The molecule has 5 heteroatoms. The lowest BCUT2D eigenvalue weighted by molar-refractivity contribution is 0.100. The smallest absolute Gasteiger partial charge is 0.250 e. The van der Waals surface area contributed by atoms with Crippen LogP contribution >= 0.6 is 11.6 Å². The molecule has 2 aromatic carbocycles. The van der Waals surface area contributed by atoms with E-state index < -0.39 is 5.91 Å². The van der Waals surface area contributed by atoms with Crippen LogP contribution in [-0.2, 0) is 0 Å². The van der Waals surface area contributed by atoms with Crippen LogP contribution in [0.15, 0.2) is 36.4 Å². The molecular formula is C14H14ClN3O. The molecule has 1 amide bonds. The van der Waals surface area contributed by atoms with Gasteiger partial charge in [-0.2, -0.15) is 0 Å². The van der Waals surface area contributed by atoms with E-state index in [0.29, 0.717) is 22.0 Å². The first-order valence-corrected chi connectivity index (χ1v) is 6.09. The second kappa shape index (κ2) is 5.20. The van der Waals surface area contributed by atoms with Crippen molar-refractivity contribution in [2.45, 2.75) is 6.92 Å². The standard InChI is InChI=1S/C14H14ClN3O/c1-8-10(15)5-3-6-11(8)18-12-7-2-4-9(13(12)16)14(17)19/h2-7,18H,16H2,1H3,(H2,17,19). The molecule has 0 radical (unpaired) electrons. The summed E-state index contributed by atoms with van der Waals surface area (Å²) in [6.07, 6.45) is 0. The average molecular weight is 276 g/mol. The lowest BCUT2D eigenvalue weighted by Gasteiger charge is -2.14. The Morgan fingerprint density at radius 3 is 2.47 bits per heavy atom. The minimum Gasteiger partial charge on any atom is -0.396 e. The van der Waals surface area contributed by atoms with Gasteiger partial charge in [0.15, 0.2) is 0 Å². The fourth-order valence-corrected chi connectivity index (χ4v) is 1.95. The highest BCUT2D eigenvalue weighted by molar-refractivity contribution is 6.31. The molecular weight excluding hydrogens is 262 g/mol. The first kappa shape index (κ1) is 13.2. The van der Waals surface area contributed by atoms with Gasteiger partial charge in [0.1, 0.15) is 0 Å². The highest BCUT2D eigenvalue weighted by Crippen LogP contribution is 2.30. The number of primary amides is 1. The van der Waals surface area contributed by atoms with Crippen molar-refractivity contribution in [1.82, 2.24) is 0 Å². The van der Waals surface area contributed by atoms with E-state index in [0.717, 1.165) is 11.3 Å². The van der Waals surface area contributed by atoms with Gasteiger partial charge in [0, 0.05) is 10.7 Å². The van der Waals surface area contributed by atoms with Crippen LogP contribution in [0.5, 0.6) is 0 Å². The number of hydrogen-bond acceptors (Lipinski definition) is 3. The van der Waals surface area contributed by atoms with Crippen LogP contribution in [0.3, 0.4) is 0 Å². The second-order valence-corrected chi connectivity index (χ2v) is 4.58. The van der Waals surface area contributed by atoms with Crippen molar-refractivity contribution in [2.24, 2.45) is 5.73 Å². The van der Waals surface area contributed by atoms with Gasteiger partial charge in [0.2, 0.25) is 0 Å². The van der Waals surface area contributed by atoms with Crippen LogP contribution in [0.1, 0.15) is 15.9 Å². The number of hydrogen-bond donors (Lipinski definition) is 3. The Kier molecular flexibility index (Phi) is 3.62. The summed E-state index contributed by atoms with van der Waals surface area (Å²) in [4.78, 5) is 11.2. The number of benzene rings is 2. The number of carbonyl (C=O) groups excluding carboxylic acids is 1. The lowest BCUT2D eigenvalue weighted by atomic mass is 10.1. The van der Waals surface area contributed by atoms with E-state index in [1.807, 2.05) is 25.1 Å². The molecule has 0 fully saturated rings. The van der Waals surface area contributed by atoms with Gasteiger partial charge in [-0.1, -0.05) is 23.7 Å². The Hall–Kier alpha value is -2.20. The second-order valence-electron chi connectivity index (χ2n) is 4.17. The Balaban J connectivity index is 2.42. The minimum absolute atomic E-state index is 0.296. The van der Waals surface area contributed by atoms with Gasteiger partial charge in [0.25, 0.3) is 5.91 Å². The van der Waals surface area contributed by atoms with E-state index in [-0.39, 0.29) is 0 Å². The zero-order valence-electron chi connectivity index (χ0n) is 10.4. The van der Waals surface area contributed by atoms with Crippen molar-refractivity contribution in [3.05, 3.63) is 52.5 Å². The highest BCUT2D eigenvalue weighted by Gasteiger charge is 2.10.